The molecule has 1 aliphatic rings. The summed E-state index contributed by atoms with van der Waals surface area (Å²) < 4.78 is 0. The number of halogens is 1. The van der Waals surface area contributed by atoms with Crippen molar-refractivity contribution in [3.05, 3.63) is 36.0 Å². The number of hydrogen-bond donors (Lipinski definition) is 4. The molecule has 27 heavy (non-hydrogen) atoms. The van der Waals surface area contributed by atoms with E-state index in [0.717, 1.165) is 44.7 Å². The highest BCUT2D eigenvalue weighted by atomic mass is 127. The van der Waals surface area contributed by atoms with Crippen LogP contribution in [0.2, 0.25) is 0 Å². The molecule has 1 amide bonds. The number of amides is 1. The smallest absolute Gasteiger partial charge is 0.220 e. The van der Waals surface area contributed by atoms with Crippen molar-refractivity contribution in [1.29, 1.82) is 0 Å². The number of nitrogens with one attached hydrogen (secondary N) is 4. The predicted molar refractivity (Wildman–Crippen MR) is 122 cm³/mol. The van der Waals surface area contributed by atoms with Crippen molar-refractivity contribution >= 4 is 46.7 Å². The van der Waals surface area contributed by atoms with Gasteiger partial charge in [0, 0.05) is 49.2 Å². The van der Waals surface area contributed by atoms with Gasteiger partial charge in [-0.2, -0.15) is 0 Å². The van der Waals surface area contributed by atoms with E-state index in [9.17, 15) is 4.79 Å². The molecule has 0 aliphatic heterocycles. The molecule has 6 nitrogen and oxygen atoms in total. The maximum absolute atomic E-state index is 11.7. The molecule has 1 saturated carbocycles. The highest BCUT2D eigenvalue weighted by molar-refractivity contribution is 14.0. The molecule has 0 saturated heterocycles. The van der Waals surface area contributed by atoms with Crippen molar-refractivity contribution in [3.63, 3.8) is 0 Å². The van der Waals surface area contributed by atoms with Crippen molar-refractivity contribution in [2.75, 3.05) is 19.6 Å². The fraction of sp³-hybridized carbons (Fsp3) is 0.500. The highest BCUT2D eigenvalue weighted by Crippen LogP contribution is 2.19. The second-order valence-corrected chi connectivity index (χ2v) is 6.74. The molecule has 0 radical (unpaired) electrons. The minimum atomic E-state index is 0. The van der Waals surface area contributed by atoms with Gasteiger partial charge < -0.3 is 20.9 Å². The number of hydrogen-bond acceptors (Lipinski definition) is 2. The van der Waals surface area contributed by atoms with E-state index in [4.69, 9.17) is 0 Å². The van der Waals surface area contributed by atoms with E-state index in [0.29, 0.717) is 19.0 Å². The van der Waals surface area contributed by atoms with E-state index in [1.165, 1.54) is 16.5 Å². The molecule has 148 valence electrons. The average Bonchev–Trinajstić information content (AvgIpc) is 3.36. The van der Waals surface area contributed by atoms with E-state index in [-0.39, 0.29) is 29.9 Å². The van der Waals surface area contributed by atoms with Gasteiger partial charge in [0.15, 0.2) is 5.96 Å². The number of fused-ring (bicyclic) bond motifs is 1. The number of benzene rings is 1. The molecule has 7 heteroatoms. The van der Waals surface area contributed by atoms with Crippen molar-refractivity contribution in [1.82, 2.24) is 20.9 Å². The van der Waals surface area contributed by atoms with Crippen molar-refractivity contribution in [2.45, 2.75) is 45.1 Å². The van der Waals surface area contributed by atoms with Gasteiger partial charge in [0.1, 0.15) is 0 Å². The van der Waals surface area contributed by atoms with Crippen molar-refractivity contribution in [3.8, 4) is 0 Å². The summed E-state index contributed by atoms with van der Waals surface area (Å²) in [5.74, 6) is 0.968. The van der Waals surface area contributed by atoms with Gasteiger partial charge in [-0.1, -0.05) is 18.2 Å². The largest absolute Gasteiger partial charge is 0.361 e. The minimum absolute atomic E-state index is 0. The van der Waals surface area contributed by atoms with Crippen LogP contribution in [0.1, 0.15) is 38.2 Å². The van der Waals surface area contributed by atoms with Gasteiger partial charge in [-0.15, -0.1) is 24.0 Å². The summed E-state index contributed by atoms with van der Waals surface area (Å²) in [4.78, 5) is 19.6. The zero-order valence-corrected chi connectivity index (χ0v) is 18.2. The lowest BCUT2D eigenvalue weighted by Gasteiger charge is -2.11. The Morgan fingerprint density at radius 2 is 2.07 bits per heavy atom. The zero-order valence-electron chi connectivity index (χ0n) is 15.9. The summed E-state index contributed by atoms with van der Waals surface area (Å²) in [6.07, 6.45) is 6.60. The second-order valence-electron chi connectivity index (χ2n) is 6.74. The SMILES string of the molecule is CCNC(=NCCCC(=O)NC1CC1)NCCc1c[nH]c2ccccc12.I. The van der Waals surface area contributed by atoms with Crippen LogP contribution in [0.25, 0.3) is 10.9 Å². The van der Waals surface area contributed by atoms with E-state index >= 15 is 0 Å². The lowest BCUT2D eigenvalue weighted by molar-refractivity contribution is -0.121. The third-order valence-corrected chi connectivity index (χ3v) is 4.48. The number of aromatic amines is 1. The molecule has 4 N–H and O–H groups in total. The Kier molecular flexibility index (Phi) is 8.90. The summed E-state index contributed by atoms with van der Waals surface area (Å²) in [6, 6.07) is 8.79. The molecule has 1 aliphatic carbocycles. The van der Waals surface area contributed by atoms with Gasteiger partial charge in [0.25, 0.3) is 0 Å². The molecule has 0 spiro atoms. The van der Waals surface area contributed by atoms with Crippen LogP contribution in [0.4, 0.5) is 0 Å². The maximum atomic E-state index is 11.7. The molecule has 0 bridgehead atoms. The summed E-state index contributed by atoms with van der Waals surface area (Å²) in [5, 5.41) is 10.9. The number of rotatable bonds is 9. The number of H-pyrrole nitrogens is 1. The molecule has 2 aromatic rings. The first-order chi connectivity index (χ1) is 12.8. The van der Waals surface area contributed by atoms with Crippen LogP contribution in [0.15, 0.2) is 35.5 Å². The van der Waals surface area contributed by atoms with Crippen LogP contribution in [-0.2, 0) is 11.2 Å². The van der Waals surface area contributed by atoms with Gasteiger partial charge in [-0.25, -0.2) is 0 Å². The Balaban J connectivity index is 0.00000261. The molecule has 0 unspecified atom stereocenters. The first kappa shape index (κ1) is 21.5. The third kappa shape index (κ3) is 7.04. The number of guanidine groups is 1. The first-order valence-electron chi connectivity index (χ1n) is 9.63. The van der Waals surface area contributed by atoms with Gasteiger partial charge in [0.05, 0.1) is 0 Å². The standard InChI is InChI=1S/C20H29N5O.HI/c1-2-21-20(22-12-5-8-19(26)25-16-9-10-16)23-13-11-15-14-24-18-7-4-3-6-17(15)18;/h3-4,6-7,14,16,24H,2,5,8-13H2,1H3,(H,25,26)(H2,21,22,23);1H. The van der Waals surface area contributed by atoms with Crippen LogP contribution in [0.3, 0.4) is 0 Å². The van der Waals surface area contributed by atoms with E-state index < -0.39 is 0 Å². The molecule has 1 aromatic carbocycles. The summed E-state index contributed by atoms with van der Waals surface area (Å²) in [6.45, 7) is 4.34. The van der Waals surface area contributed by atoms with Crippen LogP contribution in [-0.4, -0.2) is 42.5 Å². The Morgan fingerprint density at radius 3 is 2.85 bits per heavy atom. The highest BCUT2D eigenvalue weighted by Gasteiger charge is 2.22. The molecule has 1 fully saturated rings. The zero-order chi connectivity index (χ0) is 18.2. The number of nitrogens with zero attached hydrogens (tertiary/aromatic N) is 1. The number of aromatic nitrogens is 1. The van der Waals surface area contributed by atoms with Crippen LogP contribution < -0.4 is 16.0 Å². The Morgan fingerprint density at radius 1 is 1.26 bits per heavy atom. The van der Waals surface area contributed by atoms with Crippen LogP contribution in [0.5, 0.6) is 0 Å². The molecular weight excluding hydrogens is 453 g/mol. The summed E-state index contributed by atoms with van der Waals surface area (Å²) >= 11 is 0. The van der Waals surface area contributed by atoms with Gasteiger partial charge in [-0.3, -0.25) is 9.79 Å². The monoisotopic (exact) mass is 483 g/mol. The number of para-hydroxylation sites is 1. The first-order valence-corrected chi connectivity index (χ1v) is 9.63. The summed E-state index contributed by atoms with van der Waals surface area (Å²) in [5.41, 5.74) is 2.48. The van der Waals surface area contributed by atoms with Crippen LogP contribution >= 0.6 is 24.0 Å². The van der Waals surface area contributed by atoms with Crippen molar-refractivity contribution in [2.24, 2.45) is 4.99 Å². The van der Waals surface area contributed by atoms with E-state index in [1.54, 1.807) is 0 Å². The summed E-state index contributed by atoms with van der Waals surface area (Å²) in [7, 11) is 0. The lowest BCUT2D eigenvalue weighted by Crippen LogP contribution is -2.38. The molecule has 0 atom stereocenters. The molecule has 1 heterocycles. The Labute approximate surface area is 178 Å². The fourth-order valence-electron chi connectivity index (χ4n) is 2.95. The quantitative estimate of drug-likeness (QED) is 0.192. The molecule has 3 rings (SSSR count). The number of carbonyl (C=O) groups is 1. The molecule has 1 aromatic heterocycles. The Bertz CT molecular complexity index is 754. The lowest BCUT2D eigenvalue weighted by atomic mass is 10.1. The second kappa shape index (κ2) is 11.2. The van der Waals surface area contributed by atoms with E-state index in [1.807, 2.05) is 6.07 Å². The third-order valence-electron chi connectivity index (χ3n) is 4.48. The normalized spacial score (nSPS) is 13.9. The number of aliphatic imine (C=N–C) groups is 1. The predicted octanol–water partition coefficient (Wildman–Crippen LogP) is 2.94. The van der Waals surface area contributed by atoms with E-state index in [2.05, 4.69) is 57.2 Å². The van der Waals surface area contributed by atoms with Crippen LogP contribution in [0, 0.1) is 0 Å². The maximum Gasteiger partial charge on any atom is 0.220 e. The van der Waals surface area contributed by atoms with Gasteiger partial charge in [0.2, 0.25) is 5.91 Å². The van der Waals surface area contributed by atoms with Gasteiger partial charge in [-0.05, 0) is 44.2 Å². The number of carbonyl (C=O) groups excluding carboxylic acids is 1. The molecular formula is C20H30IN5O. The Hall–Kier alpha value is -1.77. The average molecular weight is 483 g/mol. The van der Waals surface area contributed by atoms with Crippen molar-refractivity contribution < 1.29 is 4.79 Å². The minimum Gasteiger partial charge on any atom is -0.361 e. The fourth-order valence-corrected chi connectivity index (χ4v) is 2.95. The topological polar surface area (TPSA) is 81.3 Å². The van der Waals surface area contributed by atoms with Gasteiger partial charge >= 0.3 is 0 Å².